The van der Waals surface area contributed by atoms with E-state index in [9.17, 15) is 9.59 Å². The van der Waals surface area contributed by atoms with Gasteiger partial charge in [0.1, 0.15) is 0 Å². The van der Waals surface area contributed by atoms with E-state index in [0.29, 0.717) is 16.5 Å². The molecule has 0 aliphatic heterocycles. The molecule has 3 rings (SSSR count). The number of para-hydroxylation sites is 1. The summed E-state index contributed by atoms with van der Waals surface area (Å²) in [4.78, 5) is 29.1. The third-order valence-electron chi connectivity index (χ3n) is 4.01. The lowest BCUT2D eigenvalue weighted by Gasteiger charge is -2.13. The zero-order chi connectivity index (χ0) is 18.1. The second-order valence-corrected chi connectivity index (χ2v) is 5.90. The molecular formula is C19H18N4O2. The van der Waals surface area contributed by atoms with Crippen molar-refractivity contribution in [2.24, 2.45) is 16.5 Å². The Bertz CT molecular complexity index is 1080. The number of rotatable bonds is 2. The standard InChI is InChI=1S/C19H18N4O2/c1-11-7-8-13-14(9-11)15(17(24)22-19(20)21)10-23(18(13)25)16-6-4-3-5-12(16)2/h3-10H,1-2H3,(H4,20,21,22,24). The molecule has 0 saturated heterocycles. The van der Waals surface area contributed by atoms with Gasteiger partial charge in [0.15, 0.2) is 5.96 Å². The summed E-state index contributed by atoms with van der Waals surface area (Å²) in [6.45, 7) is 3.79. The predicted octanol–water partition coefficient (Wildman–Crippen LogP) is 2.02. The van der Waals surface area contributed by atoms with Crippen molar-refractivity contribution in [3.8, 4) is 5.69 Å². The summed E-state index contributed by atoms with van der Waals surface area (Å²) in [6, 6.07) is 12.8. The molecule has 0 radical (unpaired) electrons. The topological polar surface area (TPSA) is 103 Å². The Hall–Kier alpha value is -3.41. The van der Waals surface area contributed by atoms with Crippen molar-refractivity contribution in [3.05, 3.63) is 75.7 Å². The van der Waals surface area contributed by atoms with E-state index in [1.54, 1.807) is 12.1 Å². The highest BCUT2D eigenvalue weighted by molar-refractivity contribution is 6.10. The molecule has 0 aliphatic carbocycles. The van der Waals surface area contributed by atoms with Crippen LogP contribution >= 0.6 is 0 Å². The van der Waals surface area contributed by atoms with E-state index in [2.05, 4.69) is 4.99 Å². The highest BCUT2D eigenvalue weighted by Crippen LogP contribution is 2.21. The molecule has 3 aromatic rings. The number of amides is 1. The van der Waals surface area contributed by atoms with E-state index in [1.807, 2.05) is 44.2 Å². The molecule has 25 heavy (non-hydrogen) atoms. The van der Waals surface area contributed by atoms with Crippen LogP contribution in [0.4, 0.5) is 0 Å². The van der Waals surface area contributed by atoms with Gasteiger partial charge >= 0.3 is 0 Å². The lowest BCUT2D eigenvalue weighted by atomic mass is 10.0. The van der Waals surface area contributed by atoms with Crippen LogP contribution in [0.15, 0.2) is 58.4 Å². The van der Waals surface area contributed by atoms with Gasteiger partial charge in [0.25, 0.3) is 11.5 Å². The summed E-state index contributed by atoms with van der Waals surface area (Å²) in [5.41, 5.74) is 13.3. The third kappa shape index (κ3) is 3.01. The number of carbonyl (C=O) groups excluding carboxylic acids is 1. The minimum atomic E-state index is -0.585. The lowest BCUT2D eigenvalue weighted by molar-refractivity contribution is 0.100. The number of aromatic nitrogens is 1. The van der Waals surface area contributed by atoms with E-state index in [0.717, 1.165) is 11.1 Å². The third-order valence-corrected chi connectivity index (χ3v) is 4.01. The maximum atomic E-state index is 13.0. The van der Waals surface area contributed by atoms with Crippen molar-refractivity contribution in [1.29, 1.82) is 0 Å². The Balaban J connectivity index is 2.42. The first-order valence-electron chi connectivity index (χ1n) is 7.74. The van der Waals surface area contributed by atoms with E-state index < -0.39 is 5.91 Å². The number of hydrogen-bond acceptors (Lipinski definition) is 2. The molecule has 4 N–H and O–H groups in total. The van der Waals surface area contributed by atoms with Crippen molar-refractivity contribution in [2.75, 3.05) is 0 Å². The number of carbonyl (C=O) groups is 1. The summed E-state index contributed by atoms with van der Waals surface area (Å²) in [5.74, 6) is -0.905. The summed E-state index contributed by atoms with van der Waals surface area (Å²) in [5, 5.41) is 0.968. The van der Waals surface area contributed by atoms with Crippen molar-refractivity contribution in [3.63, 3.8) is 0 Å². The summed E-state index contributed by atoms with van der Waals surface area (Å²) >= 11 is 0. The second-order valence-electron chi connectivity index (χ2n) is 5.90. The fourth-order valence-corrected chi connectivity index (χ4v) is 2.82. The van der Waals surface area contributed by atoms with Gasteiger partial charge in [0, 0.05) is 17.0 Å². The fourth-order valence-electron chi connectivity index (χ4n) is 2.82. The van der Waals surface area contributed by atoms with Crippen molar-refractivity contribution in [2.45, 2.75) is 13.8 Å². The number of nitrogens with zero attached hydrogens (tertiary/aromatic N) is 2. The van der Waals surface area contributed by atoms with Gasteiger partial charge in [-0.1, -0.05) is 35.9 Å². The molecule has 6 heteroatoms. The number of hydrogen-bond donors (Lipinski definition) is 2. The Labute approximate surface area is 144 Å². The Morgan fingerprint density at radius 3 is 2.44 bits per heavy atom. The molecule has 0 spiro atoms. The molecule has 1 aromatic heterocycles. The first-order chi connectivity index (χ1) is 11.9. The summed E-state index contributed by atoms with van der Waals surface area (Å²) < 4.78 is 1.46. The number of aryl methyl sites for hydroxylation is 2. The van der Waals surface area contributed by atoms with Crippen LogP contribution in [0.5, 0.6) is 0 Å². The number of fused-ring (bicyclic) bond motifs is 1. The molecule has 1 amide bonds. The SMILES string of the molecule is Cc1ccc2c(=O)n(-c3ccccc3C)cc(C(=O)N=C(N)N)c2c1. The average Bonchev–Trinajstić information content (AvgIpc) is 2.55. The van der Waals surface area contributed by atoms with Crippen LogP contribution in [-0.2, 0) is 0 Å². The van der Waals surface area contributed by atoms with Crippen LogP contribution < -0.4 is 17.0 Å². The quantitative estimate of drug-likeness (QED) is 0.552. The summed E-state index contributed by atoms with van der Waals surface area (Å²) in [6.07, 6.45) is 1.50. The molecule has 126 valence electrons. The molecule has 0 bridgehead atoms. The zero-order valence-electron chi connectivity index (χ0n) is 14.0. The fraction of sp³-hybridized carbons (Fsp3) is 0.105. The van der Waals surface area contributed by atoms with Crippen LogP contribution in [0.2, 0.25) is 0 Å². The van der Waals surface area contributed by atoms with E-state index in [4.69, 9.17) is 11.5 Å². The molecule has 6 nitrogen and oxygen atoms in total. The monoisotopic (exact) mass is 334 g/mol. The zero-order valence-corrected chi connectivity index (χ0v) is 14.0. The first kappa shape index (κ1) is 16.4. The molecule has 0 fully saturated rings. The smallest absolute Gasteiger partial charge is 0.282 e. The van der Waals surface area contributed by atoms with Crippen molar-refractivity contribution in [1.82, 2.24) is 4.57 Å². The largest absolute Gasteiger partial charge is 0.370 e. The Morgan fingerprint density at radius 2 is 1.76 bits per heavy atom. The lowest BCUT2D eigenvalue weighted by Crippen LogP contribution is -2.25. The number of nitrogens with two attached hydrogens (primary N) is 2. The van der Waals surface area contributed by atoms with Gasteiger partial charge in [-0.05, 0) is 31.5 Å². The Kier molecular flexibility index (Phi) is 4.10. The van der Waals surface area contributed by atoms with E-state index in [1.165, 1.54) is 10.8 Å². The van der Waals surface area contributed by atoms with Gasteiger partial charge in [0.2, 0.25) is 0 Å². The van der Waals surface area contributed by atoms with Crippen molar-refractivity contribution < 1.29 is 4.79 Å². The van der Waals surface area contributed by atoms with Gasteiger partial charge in [0.05, 0.1) is 11.3 Å². The average molecular weight is 334 g/mol. The molecule has 2 aromatic carbocycles. The van der Waals surface area contributed by atoms with Crippen LogP contribution in [0, 0.1) is 13.8 Å². The number of guanidine groups is 1. The maximum absolute atomic E-state index is 13.0. The molecular weight excluding hydrogens is 316 g/mol. The Morgan fingerprint density at radius 1 is 1.04 bits per heavy atom. The highest BCUT2D eigenvalue weighted by atomic mass is 16.1. The second kappa shape index (κ2) is 6.24. The summed E-state index contributed by atoms with van der Waals surface area (Å²) in [7, 11) is 0. The number of benzene rings is 2. The molecule has 0 aliphatic rings. The maximum Gasteiger partial charge on any atom is 0.282 e. The van der Waals surface area contributed by atoms with Gasteiger partial charge in [-0.2, -0.15) is 4.99 Å². The molecule has 1 heterocycles. The van der Waals surface area contributed by atoms with Crippen molar-refractivity contribution >= 4 is 22.6 Å². The highest BCUT2D eigenvalue weighted by Gasteiger charge is 2.16. The minimum Gasteiger partial charge on any atom is -0.370 e. The van der Waals surface area contributed by atoms with Crippen LogP contribution in [0.25, 0.3) is 16.5 Å². The normalized spacial score (nSPS) is 10.6. The van der Waals surface area contributed by atoms with E-state index in [-0.39, 0.29) is 17.1 Å². The molecule has 0 saturated carbocycles. The van der Waals surface area contributed by atoms with Crippen LogP contribution in [-0.4, -0.2) is 16.4 Å². The number of pyridine rings is 1. The van der Waals surface area contributed by atoms with Gasteiger partial charge in [-0.3, -0.25) is 14.2 Å². The van der Waals surface area contributed by atoms with Crippen LogP contribution in [0.1, 0.15) is 21.5 Å². The van der Waals surface area contributed by atoms with Gasteiger partial charge in [-0.25, -0.2) is 0 Å². The molecule has 0 atom stereocenters. The first-order valence-corrected chi connectivity index (χ1v) is 7.74. The van der Waals surface area contributed by atoms with Crippen LogP contribution in [0.3, 0.4) is 0 Å². The van der Waals surface area contributed by atoms with Gasteiger partial charge in [-0.15, -0.1) is 0 Å². The molecule has 0 unspecified atom stereocenters. The van der Waals surface area contributed by atoms with Gasteiger partial charge < -0.3 is 11.5 Å². The predicted molar refractivity (Wildman–Crippen MR) is 99.2 cm³/mol. The minimum absolute atomic E-state index is 0.203. The van der Waals surface area contributed by atoms with E-state index >= 15 is 0 Å². The number of aliphatic imine (C=N–C) groups is 1.